The number of benzene rings is 1. The van der Waals surface area contributed by atoms with Crippen molar-refractivity contribution in [3.63, 3.8) is 0 Å². The first-order valence-corrected chi connectivity index (χ1v) is 7.64. The summed E-state index contributed by atoms with van der Waals surface area (Å²) in [5.41, 5.74) is 6.39. The van der Waals surface area contributed by atoms with Crippen LogP contribution in [0.1, 0.15) is 25.3 Å². The summed E-state index contributed by atoms with van der Waals surface area (Å²) in [6.07, 6.45) is -4.36. The number of alkyl halides is 3. The van der Waals surface area contributed by atoms with Crippen LogP contribution in [0, 0.1) is 0 Å². The van der Waals surface area contributed by atoms with Gasteiger partial charge in [0.2, 0.25) is 5.91 Å². The van der Waals surface area contributed by atoms with Crippen molar-refractivity contribution in [1.82, 2.24) is 4.90 Å². The summed E-state index contributed by atoms with van der Waals surface area (Å²) in [4.78, 5) is 13.2. The Morgan fingerprint density at radius 1 is 1.30 bits per heavy atom. The number of ether oxygens (including phenoxy) is 1. The fraction of sp³-hybridized carbons (Fsp3) is 0.562. The van der Waals surface area contributed by atoms with Gasteiger partial charge in [0.05, 0.1) is 13.0 Å². The second-order valence-electron chi connectivity index (χ2n) is 5.69. The molecule has 1 aliphatic heterocycles. The first kappa shape index (κ1) is 17.6. The molecule has 2 atom stereocenters. The molecule has 1 heterocycles. The van der Waals surface area contributed by atoms with Crippen LogP contribution in [0.3, 0.4) is 0 Å². The van der Waals surface area contributed by atoms with E-state index in [1.807, 2.05) is 6.92 Å². The summed E-state index contributed by atoms with van der Waals surface area (Å²) < 4.78 is 44.6. The minimum atomic E-state index is -4.42. The molecule has 0 bridgehead atoms. The number of carbonyl (C=O) groups is 1. The molecule has 1 fully saturated rings. The fourth-order valence-corrected chi connectivity index (χ4v) is 2.76. The second kappa shape index (κ2) is 7.21. The molecule has 0 saturated carbocycles. The number of rotatable bonds is 4. The normalized spacial score (nSPS) is 22.0. The molecule has 4 nitrogen and oxygen atoms in total. The number of carbonyl (C=O) groups excluding carboxylic acids is 1. The summed E-state index contributed by atoms with van der Waals surface area (Å²) in [5, 5.41) is 0. The number of amides is 1. The molecular formula is C16H21F3N2O2. The van der Waals surface area contributed by atoms with Gasteiger partial charge in [-0.25, -0.2) is 0 Å². The van der Waals surface area contributed by atoms with Gasteiger partial charge in [0.1, 0.15) is 11.8 Å². The van der Waals surface area contributed by atoms with Crippen molar-refractivity contribution >= 4 is 5.91 Å². The number of nitrogens with zero attached hydrogens (tertiary/aromatic N) is 1. The molecule has 128 valence electrons. The van der Waals surface area contributed by atoms with E-state index in [1.54, 1.807) is 24.3 Å². The standard InChI is InChI=1S/C16H21F3N2O2/c1-2-23-13-6-3-11(4-7-13)9-15(22)21-10-12(20)5-8-14(21)16(17,18)19/h3-4,6-7,12,14H,2,5,8-10,20H2,1H3/t12-,14-/m0/s1. The average molecular weight is 330 g/mol. The molecule has 0 aromatic heterocycles. The molecule has 1 saturated heterocycles. The van der Waals surface area contributed by atoms with Crippen LogP contribution in [0.2, 0.25) is 0 Å². The zero-order valence-electron chi connectivity index (χ0n) is 13.0. The van der Waals surface area contributed by atoms with E-state index in [0.717, 1.165) is 4.90 Å². The molecule has 1 aromatic carbocycles. The summed E-state index contributed by atoms with van der Waals surface area (Å²) >= 11 is 0. The zero-order valence-corrected chi connectivity index (χ0v) is 13.0. The first-order valence-electron chi connectivity index (χ1n) is 7.64. The van der Waals surface area contributed by atoms with Crippen LogP contribution < -0.4 is 10.5 Å². The van der Waals surface area contributed by atoms with Crippen LogP contribution in [0.25, 0.3) is 0 Å². The molecule has 1 aromatic rings. The van der Waals surface area contributed by atoms with Crippen molar-refractivity contribution in [2.75, 3.05) is 13.2 Å². The van der Waals surface area contributed by atoms with Gasteiger partial charge in [-0.2, -0.15) is 13.2 Å². The van der Waals surface area contributed by atoms with Crippen LogP contribution in [-0.4, -0.2) is 42.2 Å². The van der Waals surface area contributed by atoms with Crippen LogP contribution in [-0.2, 0) is 11.2 Å². The molecule has 23 heavy (non-hydrogen) atoms. The van der Waals surface area contributed by atoms with Gasteiger partial charge in [-0.1, -0.05) is 12.1 Å². The summed E-state index contributed by atoms with van der Waals surface area (Å²) in [5.74, 6) is 0.114. The zero-order chi connectivity index (χ0) is 17.0. The van der Waals surface area contributed by atoms with Gasteiger partial charge in [-0.15, -0.1) is 0 Å². The Balaban J connectivity index is 2.07. The van der Waals surface area contributed by atoms with Crippen molar-refractivity contribution < 1.29 is 22.7 Å². The number of hydrogen-bond donors (Lipinski definition) is 1. The Bertz CT molecular complexity index is 531. The number of hydrogen-bond acceptors (Lipinski definition) is 3. The van der Waals surface area contributed by atoms with Crippen LogP contribution in [0.4, 0.5) is 13.2 Å². The topological polar surface area (TPSA) is 55.6 Å². The molecule has 0 aliphatic carbocycles. The number of nitrogens with two attached hydrogens (primary N) is 1. The van der Waals surface area contributed by atoms with Crippen molar-refractivity contribution in [2.24, 2.45) is 5.73 Å². The molecule has 0 spiro atoms. The van der Waals surface area contributed by atoms with E-state index in [2.05, 4.69) is 0 Å². The fourth-order valence-electron chi connectivity index (χ4n) is 2.76. The third-order valence-electron chi connectivity index (χ3n) is 3.91. The lowest BCUT2D eigenvalue weighted by atomic mass is 9.97. The monoisotopic (exact) mass is 330 g/mol. The molecule has 2 N–H and O–H groups in total. The van der Waals surface area contributed by atoms with Crippen LogP contribution >= 0.6 is 0 Å². The lowest BCUT2D eigenvalue weighted by Crippen LogP contribution is -2.57. The summed E-state index contributed by atoms with van der Waals surface area (Å²) in [6.45, 7) is 2.32. The van der Waals surface area contributed by atoms with Gasteiger partial charge in [-0.05, 0) is 37.5 Å². The van der Waals surface area contributed by atoms with E-state index in [1.165, 1.54) is 0 Å². The van der Waals surface area contributed by atoms with Gasteiger partial charge < -0.3 is 15.4 Å². The maximum absolute atomic E-state index is 13.1. The first-order chi connectivity index (χ1) is 10.8. The molecule has 7 heteroatoms. The highest BCUT2D eigenvalue weighted by Gasteiger charge is 2.47. The molecular weight excluding hydrogens is 309 g/mol. The predicted molar refractivity (Wildman–Crippen MR) is 80.1 cm³/mol. The van der Waals surface area contributed by atoms with Crippen molar-refractivity contribution in [3.05, 3.63) is 29.8 Å². The van der Waals surface area contributed by atoms with Gasteiger partial charge in [-0.3, -0.25) is 4.79 Å². The van der Waals surface area contributed by atoms with E-state index in [9.17, 15) is 18.0 Å². The minimum Gasteiger partial charge on any atom is -0.494 e. The maximum atomic E-state index is 13.1. The van der Waals surface area contributed by atoms with E-state index in [-0.39, 0.29) is 25.8 Å². The van der Waals surface area contributed by atoms with Crippen molar-refractivity contribution in [1.29, 1.82) is 0 Å². The van der Waals surface area contributed by atoms with E-state index in [0.29, 0.717) is 17.9 Å². The van der Waals surface area contributed by atoms with E-state index < -0.39 is 24.2 Å². The lowest BCUT2D eigenvalue weighted by Gasteiger charge is -2.39. The van der Waals surface area contributed by atoms with Gasteiger partial charge in [0.15, 0.2) is 0 Å². The Labute approximate surface area is 133 Å². The molecule has 1 amide bonds. The van der Waals surface area contributed by atoms with Gasteiger partial charge in [0.25, 0.3) is 0 Å². The van der Waals surface area contributed by atoms with Crippen molar-refractivity contribution in [2.45, 2.75) is 44.4 Å². The Hall–Kier alpha value is -1.76. The number of halogens is 3. The summed E-state index contributed by atoms with van der Waals surface area (Å²) in [6, 6.07) is 4.64. The van der Waals surface area contributed by atoms with Crippen molar-refractivity contribution in [3.8, 4) is 5.75 Å². The summed E-state index contributed by atoms with van der Waals surface area (Å²) in [7, 11) is 0. The smallest absolute Gasteiger partial charge is 0.408 e. The quantitative estimate of drug-likeness (QED) is 0.923. The highest BCUT2D eigenvalue weighted by Crippen LogP contribution is 2.32. The van der Waals surface area contributed by atoms with Gasteiger partial charge >= 0.3 is 6.18 Å². The number of likely N-dealkylation sites (tertiary alicyclic amines) is 1. The molecule has 0 unspecified atom stereocenters. The highest BCUT2D eigenvalue weighted by molar-refractivity contribution is 5.79. The lowest BCUT2D eigenvalue weighted by molar-refractivity contribution is -0.196. The average Bonchev–Trinajstić information content (AvgIpc) is 2.48. The highest BCUT2D eigenvalue weighted by atomic mass is 19.4. The number of piperidine rings is 1. The SMILES string of the molecule is CCOc1ccc(CC(=O)N2C[C@@H](N)CC[C@H]2C(F)(F)F)cc1. The molecule has 2 rings (SSSR count). The predicted octanol–water partition coefficient (Wildman–Crippen LogP) is 2.51. The second-order valence-corrected chi connectivity index (χ2v) is 5.69. The van der Waals surface area contributed by atoms with Crippen LogP contribution in [0.15, 0.2) is 24.3 Å². The maximum Gasteiger partial charge on any atom is 0.408 e. The Morgan fingerprint density at radius 2 is 1.96 bits per heavy atom. The largest absolute Gasteiger partial charge is 0.494 e. The van der Waals surface area contributed by atoms with E-state index in [4.69, 9.17) is 10.5 Å². The van der Waals surface area contributed by atoms with Crippen LogP contribution in [0.5, 0.6) is 5.75 Å². The Kier molecular flexibility index (Phi) is 5.51. The molecule has 1 aliphatic rings. The van der Waals surface area contributed by atoms with Gasteiger partial charge in [0, 0.05) is 12.6 Å². The molecule has 0 radical (unpaired) electrons. The third kappa shape index (κ3) is 4.60. The van der Waals surface area contributed by atoms with E-state index >= 15 is 0 Å². The third-order valence-corrected chi connectivity index (χ3v) is 3.91. The Morgan fingerprint density at radius 3 is 2.52 bits per heavy atom. The minimum absolute atomic E-state index is 0.0555.